The Labute approximate surface area is 126 Å². The SMILES string of the molecule is CC1=C(C)N(C)N(OS(=O)(=O)O)C1c1ncc(Cl)cc1F. The summed E-state index contributed by atoms with van der Waals surface area (Å²) in [5.41, 5.74) is 1.19. The van der Waals surface area contributed by atoms with Crippen molar-refractivity contribution >= 4 is 22.0 Å². The molecule has 0 aromatic carbocycles. The highest BCUT2D eigenvalue weighted by molar-refractivity contribution is 7.80. The van der Waals surface area contributed by atoms with Crippen LogP contribution in [0.2, 0.25) is 5.02 Å². The molecule has 0 radical (unpaired) electrons. The largest absolute Gasteiger partial charge is 0.415 e. The van der Waals surface area contributed by atoms with Crippen LogP contribution in [0.5, 0.6) is 0 Å². The minimum Gasteiger partial charge on any atom is -0.289 e. The molecule has 2 heterocycles. The van der Waals surface area contributed by atoms with Crippen molar-refractivity contribution in [2.75, 3.05) is 7.05 Å². The van der Waals surface area contributed by atoms with E-state index in [9.17, 15) is 12.8 Å². The van der Waals surface area contributed by atoms with E-state index < -0.39 is 22.3 Å². The molecule has 1 aromatic rings. The molecule has 1 aliphatic rings. The minimum absolute atomic E-state index is 0.0655. The highest BCUT2D eigenvalue weighted by Gasteiger charge is 2.40. The van der Waals surface area contributed by atoms with Gasteiger partial charge in [0.1, 0.15) is 17.6 Å². The Morgan fingerprint density at radius 1 is 1.48 bits per heavy atom. The van der Waals surface area contributed by atoms with Crippen LogP contribution < -0.4 is 0 Å². The zero-order valence-corrected chi connectivity index (χ0v) is 13.0. The normalized spacial score (nSPS) is 20.5. The monoisotopic (exact) mass is 337 g/mol. The number of nitrogens with zero attached hydrogens (tertiary/aromatic N) is 3. The minimum atomic E-state index is -4.77. The number of pyridine rings is 1. The van der Waals surface area contributed by atoms with E-state index in [1.54, 1.807) is 13.8 Å². The number of hydrogen-bond acceptors (Lipinski definition) is 6. The van der Waals surface area contributed by atoms with Crippen molar-refractivity contribution in [2.24, 2.45) is 0 Å². The molecule has 0 amide bonds. The van der Waals surface area contributed by atoms with Crippen LogP contribution in [-0.4, -0.2) is 35.2 Å². The van der Waals surface area contributed by atoms with E-state index in [0.717, 1.165) is 11.2 Å². The van der Waals surface area contributed by atoms with Crippen molar-refractivity contribution in [2.45, 2.75) is 19.9 Å². The van der Waals surface area contributed by atoms with E-state index in [4.69, 9.17) is 16.2 Å². The number of aromatic nitrogens is 1. The molecule has 116 valence electrons. The molecule has 0 spiro atoms. The average Bonchev–Trinajstić information content (AvgIpc) is 2.54. The first-order valence-electron chi connectivity index (χ1n) is 5.80. The van der Waals surface area contributed by atoms with Crippen LogP contribution >= 0.6 is 11.6 Å². The second-order valence-electron chi connectivity index (χ2n) is 4.52. The second kappa shape index (κ2) is 5.50. The van der Waals surface area contributed by atoms with E-state index in [1.165, 1.54) is 18.3 Å². The Bertz CT molecular complexity index is 709. The lowest BCUT2D eigenvalue weighted by Gasteiger charge is -2.28. The molecule has 2 rings (SSSR count). The Hall–Kier alpha value is -1.26. The van der Waals surface area contributed by atoms with Crippen LogP contribution in [0.3, 0.4) is 0 Å². The lowest BCUT2D eigenvalue weighted by atomic mass is 10.0. The smallest absolute Gasteiger partial charge is 0.289 e. The van der Waals surface area contributed by atoms with Crippen LogP contribution in [0.4, 0.5) is 4.39 Å². The van der Waals surface area contributed by atoms with E-state index in [1.807, 2.05) is 0 Å². The molecule has 0 bridgehead atoms. The van der Waals surface area contributed by atoms with Crippen molar-refractivity contribution in [3.63, 3.8) is 0 Å². The molecule has 1 unspecified atom stereocenters. The summed E-state index contributed by atoms with van der Waals surface area (Å²) in [6.07, 6.45) is 1.24. The highest BCUT2D eigenvalue weighted by Crippen LogP contribution is 2.39. The first-order chi connectivity index (χ1) is 9.61. The van der Waals surface area contributed by atoms with Gasteiger partial charge in [-0.25, -0.2) is 4.39 Å². The van der Waals surface area contributed by atoms with E-state index in [0.29, 0.717) is 11.3 Å². The number of hydrogen-bond donors (Lipinski definition) is 1. The molecular weight excluding hydrogens is 325 g/mol. The number of allylic oxidation sites excluding steroid dienone is 1. The van der Waals surface area contributed by atoms with Crippen molar-refractivity contribution in [3.8, 4) is 0 Å². The van der Waals surface area contributed by atoms with Gasteiger partial charge in [0.2, 0.25) is 0 Å². The van der Waals surface area contributed by atoms with Crippen LogP contribution in [0.25, 0.3) is 0 Å². The molecule has 1 aliphatic heterocycles. The van der Waals surface area contributed by atoms with Gasteiger partial charge in [0.15, 0.2) is 0 Å². The quantitative estimate of drug-likeness (QED) is 0.846. The Morgan fingerprint density at radius 3 is 2.62 bits per heavy atom. The van der Waals surface area contributed by atoms with Crippen molar-refractivity contribution in [1.29, 1.82) is 0 Å². The van der Waals surface area contributed by atoms with Gasteiger partial charge in [0.25, 0.3) is 0 Å². The first kappa shape index (κ1) is 16.1. The maximum atomic E-state index is 14.1. The van der Waals surface area contributed by atoms with Gasteiger partial charge >= 0.3 is 10.4 Å². The highest BCUT2D eigenvalue weighted by atomic mass is 35.5. The zero-order valence-electron chi connectivity index (χ0n) is 11.4. The fourth-order valence-corrected chi connectivity index (χ4v) is 2.59. The van der Waals surface area contributed by atoms with Gasteiger partial charge in [-0.3, -0.25) is 14.5 Å². The number of halogens is 2. The van der Waals surface area contributed by atoms with E-state index in [2.05, 4.69) is 9.27 Å². The summed E-state index contributed by atoms with van der Waals surface area (Å²) in [5, 5.41) is 2.28. The molecule has 0 fully saturated rings. The van der Waals surface area contributed by atoms with Gasteiger partial charge in [-0.1, -0.05) is 16.8 Å². The number of rotatable bonds is 3. The van der Waals surface area contributed by atoms with E-state index >= 15 is 0 Å². The summed E-state index contributed by atoms with van der Waals surface area (Å²) < 4.78 is 49.4. The summed E-state index contributed by atoms with van der Waals surface area (Å²) in [6.45, 7) is 3.38. The molecule has 7 nitrogen and oxygen atoms in total. The second-order valence-corrected chi connectivity index (χ2v) is 5.96. The summed E-state index contributed by atoms with van der Waals surface area (Å²) >= 11 is 5.65. The van der Waals surface area contributed by atoms with Crippen LogP contribution in [0.1, 0.15) is 25.6 Å². The molecule has 0 aliphatic carbocycles. The summed E-state index contributed by atoms with van der Waals surface area (Å²) in [7, 11) is -3.26. The predicted octanol–water partition coefficient (Wildman–Crippen LogP) is 2.11. The fourth-order valence-electron chi connectivity index (χ4n) is 2.07. The molecule has 1 N–H and O–H groups in total. The maximum absolute atomic E-state index is 14.1. The topological polar surface area (TPSA) is 83.0 Å². The van der Waals surface area contributed by atoms with E-state index in [-0.39, 0.29) is 10.7 Å². The van der Waals surface area contributed by atoms with Crippen molar-refractivity contribution in [1.82, 2.24) is 15.2 Å². The molecule has 21 heavy (non-hydrogen) atoms. The third kappa shape index (κ3) is 3.16. The maximum Gasteiger partial charge on any atom is 0.415 e. The van der Waals surface area contributed by atoms with Gasteiger partial charge in [-0.15, -0.1) is 4.28 Å². The van der Waals surface area contributed by atoms with Crippen LogP contribution in [0.15, 0.2) is 23.5 Å². The Balaban J connectivity index is 2.51. The molecule has 1 atom stereocenters. The van der Waals surface area contributed by atoms with Crippen molar-refractivity contribution in [3.05, 3.63) is 40.1 Å². The van der Waals surface area contributed by atoms with Crippen LogP contribution in [0, 0.1) is 5.82 Å². The van der Waals surface area contributed by atoms with Gasteiger partial charge in [0, 0.05) is 18.9 Å². The van der Waals surface area contributed by atoms with Gasteiger partial charge in [-0.05, 0) is 25.5 Å². The third-order valence-corrected chi connectivity index (χ3v) is 3.80. The molecule has 1 aromatic heterocycles. The van der Waals surface area contributed by atoms with Crippen molar-refractivity contribution < 1.29 is 21.6 Å². The molecular formula is C11H13ClFN3O4S. The van der Waals surface area contributed by atoms with Gasteiger partial charge in [-0.2, -0.15) is 8.42 Å². The average molecular weight is 338 g/mol. The third-order valence-electron chi connectivity index (χ3n) is 3.25. The lowest BCUT2D eigenvalue weighted by Crippen LogP contribution is -2.38. The number of hydroxylamine groups is 1. The Morgan fingerprint density at radius 2 is 2.10 bits per heavy atom. The summed E-state index contributed by atoms with van der Waals surface area (Å²) in [6, 6.07) is 0.130. The summed E-state index contributed by atoms with van der Waals surface area (Å²) in [5.74, 6) is -0.709. The van der Waals surface area contributed by atoms with Gasteiger partial charge in [0.05, 0.1) is 5.02 Å². The van der Waals surface area contributed by atoms with Crippen LogP contribution in [-0.2, 0) is 14.7 Å². The lowest BCUT2D eigenvalue weighted by molar-refractivity contribution is -0.202. The van der Waals surface area contributed by atoms with Gasteiger partial charge < -0.3 is 0 Å². The standard InChI is InChI=1S/C11H13ClFN3O4S/c1-6-7(2)15(3)16(20-21(17,18)19)11(6)10-9(13)4-8(12)5-14-10/h4-5,11H,1-3H3,(H,17,18,19). The molecule has 0 saturated heterocycles. The number of hydrazine groups is 1. The predicted molar refractivity (Wildman–Crippen MR) is 72.6 cm³/mol. The Kier molecular flexibility index (Phi) is 4.22. The molecule has 10 heteroatoms. The summed E-state index contributed by atoms with van der Waals surface area (Å²) in [4.78, 5) is 3.89. The molecule has 0 saturated carbocycles. The zero-order chi connectivity index (χ0) is 15.9. The first-order valence-corrected chi connectivity index (χ1v) is 7.54. The fraction of sp³-hybridized carbons (Fsp3) is 0.364.